The van der Waals surface area contributed by atoms with Crippen LogP contribution in [0.2, 0.25) is 0 Å². The third-order valence-corrected chi connectivity index (χ3v) is 6.48. The van der Waals surface area contributed by atoms with Gasteiger partial charge in [0.25, 0.3) is 0 Å². The number of hydrogen-bond donors (Lipinski definition) is 3. The van der Waals surface area contributed by atoms with Crippen molar-refractivity contribution in [3.8, 4) is 5.75 Å². The monoisotopic (exact) mass is 501 g/mol. The molecule has 8 nitrogen and oxygen atoms in total. The number of aromatic hydroxyl groups is 1. The van der Waals surface area contributed by atoms with Crippen LogP contribution in [0, 0.1) is 5.92 Å². The summed E-state index contributed by atoms with van der Waals surface area (Å²) in [5.74, 6) is -0.829. The van der Waals surface area contributed by atoms with E-state index in [-0.39, 0.29) is 30.2 Å². The van der Waals surface area contributed by atoms with E-state index >= 15 is 0 Å². The molecule has 0 radical (unpaired) electrons. The molecule has 3 atom stereocenters. The van der Waals surface area contributed by atoms with Crippen LogP contribution in [0.5, 0.6) is 5.75 Å². The highest BCUT2D eigenvalue weighted by Gasteiger charge is 2.38. The fraction of sp³-hybridized carbons (Fsp3) is 0.607. The lowest BCUT2D eigenvalue weighted by molar-refractivity contribution is -0.143. The molecular weight excluding hydrogens is 458 g/mol. The summed E-state index contributed by atoms with van der Waals surface area (Å²) in [5, 5.41) is 15.7. The number of carbonyl (C=O) groups is 3. The zero-order valence-electron chi connectivity index (χ0n) is 22.4. The molecule has 0 saturated heterocycles. The van der Waals surface area contributed by atoms with Gasteiger partial charge in [-0.1, -0.05) is 57.7 Å². The Balaban J connectivity index is 2.43. The van der Waals surface area contributed by atoms with Crippen molar-refractivity contribution in [1.82, 2.24) is 15.5 Å². The van der Waals surface area contributed by atoms with Gasteiger partial charge in [-0.2, -0.15) is 0 Å². The first kappa shape index (κ1) is 29.2. The Morgan fingerprint density at radius 2 is 1.78 bits per heavy atom. The molecule has 0 heterocycles. The van der Waals surface area contributed by atoms with E-state index in [2.05, 4.69) is 17.2 Å². The fourth-order valence-electron chi connectivity index (χ4n) is 4.41. The highest BCUT2D eigenvalue weighted by molar-refractivity contribution is 5.92. The molecule has 0 aliphatic heterocycles. The number of nitrogens with zero attached hydrogens (tertiary/aromatic N) is 1. The Morgan fingerprint density at radius 3 is 2.31 bits per heavy atom. The van der Waals surface area contributed by atoms with Crippen LogP contribution in [0.3, 0.4) is 0 Å². The van der Waals surface area contributed by atoms with Crippen molar-refractivity contribution in [2.24, 2.45) is 5.92 Å². The number of hydrogen-bond acceptors (Lipinski definition) is 5. The first-order valence-electron chi connectivity index (χ1n) is 13.0. The first-order chi connectivity index (χ1) is 17.0. The SMILES string of the molecule is C=CCN(C(=O)C(NC(=O)OC(C)(C)C)C(C)CC)C(C(=O)NC1CCCCC1)c1ccc(O)cc1. The van der Waals surface area contributed by atoms with Crippen molar-refractivity contribution in [3.05, 3.63) is 42.5 Å². The van der Waals surface area contributed by atoms with Crippen LogP contribution < -0.4 is 10.6 Å². The molecular formula is C28H43N3O5. The van der Waals surface area contributed by atoms with E-state index in [4.69, 9.17) is 4.74 Å². The summed E-state index contributed by atoms with van der Waals surface area (Å²) < 4.78 is 5.41. The number of nitrogens with one attached hydrogen (secondary N) is 2. The van der Waals surface area contributed by atoms with Crippen molar-refractivity contribution < 1.29 is 24.2 Å². The van der Waals surface area contributed by atoms with Gasteiger partial charge in [0.05, 0.1) is 0 Å². The van der Waals surface area contributed by atoms with Gasteiger partial charge in [-0.05, 0) is 57.2 Å². The summed E-state index contributed by atoms with van der Waals surface area (Å²) in [6.07, 6.45) is 6.58. The Hall–Kier alpha value is -3.03. The summed E-state index contributed by atoms with van der Waals surface area (Å²) in [5.41, 5.74) is -0.154. The van der Waals surface area contributed by atoms with Crippen LogP contribution >= 0.6 is 0 Å². The molecule has 200 valence electrons. The zero-order valence-corrected chi connectivity index (χ0v) is 22.4. The van der Waals surface area contributed by atoms with Gasteiger partial charge in [-0.25, -0.2) is 4.79 Å². The van der Waals surface area contributed by atoms with Crippen LogP contribution in [0.4, 0.5) is 4.79 Å². The van der Waals surface area contributed by atoms with Crippen LogP contribution in [0.15, 0.2) is 36.9 Å². The molecule has 0 bridgehead atoms. The first-order valence-corrected chi connectivity index (χ1v) is 13.0. The van der Waals surface area contributed by atoms with Crippen molar-refractivity contribution in [2.45, 2.75) is 96.9 Å². The number of carbonyl (C=O) groups excluding carboxylic acids is 3. The second kappa shape index (κ2) is 13.3. The summed E-state index contributed by atoms with van der Waals surface area (Å²) in [6, 6.07) is 4.48. The quantitative estimate of drug-likeness (QED) is 0.398. The van der Waals surface area contributed by atoms with Crippen molar-refractivity contribution in [3.63, 3.8) is 0 Å². The third kappa shape index (κ3) is 8.57. The van der Waals surface area contributed by atoms with Crippen molar-refractivity contribution in [1.29, 1.82) is 0 Å². The van der Waals surface area contributed by atoms with Crippen molar-refractivity contribution in [2.75, 3.05) is 6.54 Å². The highest BCUT2D eigenvalue weighted by Crippen LogP contribution is 2.27. The van der Waals surface area contributed by atoms with Crippen LogP contribution in [-0.4, -0.2) is 52.1 Å². The predicted octanol–water partition coefficient (Wildman–Crippen LogP) is 4.84. The topological polar surface area (TPSA) is 108 Å². The molecule has 1 aromatic rings. The second-order valence-electron chi connectivity index (χ2n) is 10.6. The molecule has 1 aromatic carbocycles. The molecule has 3 unspecified atom stereocenters. The summed E-state index contributed by atoms with van der Waals surface area (Å²) >= 11 is 0. The van der Waals surface area contributed by atoms with E-state index in [0.717, 1.165) is 32.1 Å². The van der Waals surface area contributed by atoms with Gasteiger partial charge in [0.15, 0.2) is 0 Å². The normalized spacial score (nSPS) is 16.8. The van der Waals surface area contributed by atoms with Gasteiger partial charge in [0.2, 0.25) is 11.8 Å². The fourth-order valence-corrected chi connectivity index (χ4v) is 4.41. The lowest BCUT2D eigenvalue weighted by Gasteiger charge is -2.36. The lowest BCUT2D eigenvalue weighted by atomic mass is 9.93. The van der Waals surface area contributed by atoms with Crippen LogP contribution in [-0.2, 0) is 14.3 Å². The maximum absolute atomic E-state index is 14.0. The van der Waals surface area contributed by atoms with Gasteiger partial charge < -0.3 is 25.4 Å². The molecule has 3 N–H and O–H groups in total. The smallest absolute Gasteiger partial charge is 0.408 e. The van der Waals surface area contributed by atoms with E-state index in [1.807, 2.05) is 13.8 Å². The third-order valence-electron chi connectivity index (χ3n) is 6.48. The van der Waals surface area contributed by atoms with E-state index in [1.165, 1.54) is 17.0 Å². The minimum Gasteiger partial charge on any atom is -0.508 e. The average molecular weight is 502 g/mol. The maximum Gasteiger partial charge on any atom is 0.408 e. The molecule has 1 fully saturated rings. The average Bonchev–Trinajstić information content (AvgIpc) is 2.82. The van der Waals surface area contributed by atoms with E-state index in [0.29, 0.717) is 12.0 Å². The Kier molecular flexibility index (Phi) is 10.8. The predicted molar refractivity (Wildman–Crippen MR) is 140 cm³/mol. The molecule has 2 rings (SSSR count). The van der Waals surface area contributed by atoms with Gasteiger partial charge in [-0.3, -0.25) is 9.59 Å². The number of phenols is 1. The Labute approximate surface area is 215 Å². The number of phenolic OH excluding ortho intramolecular Hbond substituents is 1. The van der Waals surface area contributed by atoms with E-state index < -0.39 is 29.7 Å². The molecule has 0 aromatic heterocycles. The van der Waals surface area contributed by atoms with Gasteiger partial charge in [0, 0.05) is 12.6 Å². The minimum atomic E-state index is -0.954. The van der Waals surface area contributed by atoms with Gasteiger partial charge in [0.1, 0.15) is 23.4 Å². The molecule has 8 heteroatoms. The molecule has 0 spiro atoms. The minimum absolute atomic E-state index is 0.0526. The maximum atomic E-state index is 14.0. The Morgan fingerprint density at radius 1 is 1.17 bits per heavy atom. The largest absolute Gasteiger partial charge is 0.508 e. The van der Waals surface area contributed by atoms with Crippen molar-refractivity contribution >= 4 is 17.9 Å². The summed E-state index contributed by atoms with van der Waals surface area (Å²) in [4.78, 5) is 41.7. The lowest BCUT2D eigenvalue weighted by Crippen LogP contribution is -2.55. The highest BCUT2D eigenvalue weighted by atomic mass is 16.6. The van der Waals surface area contributed by atoms with Gasteiger partial charge >= 0.3 is 6.09 Å². The summed E-state index contributed by atoms with van der Waals surface area (Å²) in [6.45, 7) is 13.0. The van der Waals surface area contributed by atoms with E-state index in [1.54, 1.807) is 39.0 Å². The standard InChI is InChI=1S/C28H43N3O5/c1-7-18-31(26(34)23(19(3)8-2)30-27(35)36-28(4,5)6)24(20-14-16-22(32)17-15-20)25(33)29-21-12-10-9-11-13-21/h7,14-17,19,21,23-24,32H,1,8-13,18H2,2-6H3,(H,29,33)(H,30,35). The molecule has 1 aliphatic rings. The Bertz CT molecular complexity index is 887. The molecule has 1 aliphatic carbocycles. The molecule has 1 saturated carbocycles. The number of alkyl carbamates (subject to hydrolysis) is 1. The zero-order chi connectivity index (χ0) is 26.9. The van der Waals surface area contributed by atoms with E-state index in [9.17, 15) is 19.5 Å². The number of benzene rings is 1. The number of amides is 3. The van der Waals surface area contributed by atoms with Crippen LogP contribution in [0.25, 0.3) is 0 Å². The second-order valence-corrected chi connectivity index (χ2v) is 10.6. The van der Waals surface area contributed by atoms with Gasteiger partial charge in [-0.15, -0.1) is 6.58 Å². The number of ether oxygens (including phenoxy) is 1. The molecule has 3 amide bonds. The number of rotatable bonds is 10. The van der Waals surface area contributed by atoms with Crippen LogP contribution in [0.1, 0.15) is 84.7 Å². The summed E-state index contributed by atoms with van der Waals surface area (Å²) in [7, 11) is 0. The molecule has 36 heavy (non-hydrogen) atoms.